The molecule has 0 bridgehead atoms. The van der Waals surface area contributed by atoms with E-state index in [2.05, 4.69) is 10.0 Å². The number of aryl methyl sites for hydroxylation is 1. The summed E-state index contributed by atoms with van der Waals surface area (Å²) in [7, 11) is -7.39. The van der Waals surface area contributed by atoms with Crippen LogP contribution >= 0.6 is 0 Å². The highest BCUT2D eigenvalue weighted by Crippen LogP contribution is 2.33. The van der Waals surface area contributed by atoms with Crippen LogP contribution in [0.3, 0.4) is 0 Å². The van der Waals surface area contributed by atoms with Gasteiger partial charge in [0.05, 0.1) is 22.0 Å². The van der Waals surface area contributed by atoms with Crippen molar-refractivity contribution in [2.24, 2.45) is 0 Å². The van der Waals surface area contributed by atoms with Crippen molar-refractivity contribution in [1.82, 2.24) is 4.72 Å². The molecule has 12 heteroatoms. The number of halogens is 3. The molecule has 1 atom stereocenters. The molecule has 0 radical (unpaired) electrons. The van der Waals surface area contributed by atoms with Gasteiger partial charge in [-0.1, -0.05) is 12.1 Å². The maximum absolute atomic E-state index is 13.1. The van der Waals surface area contributed by atoms with Crippen LogP contribution < -0.4 is 10.0 Å². The number of nitrogens with one attached hydrogen (secondary N) is 2. The van der Waals surface area contributed by atoms with Crippen molar-refractivity contribution in [2.45, 2.75) is 30.5 Å². The molecule has 1 aliphatic rings. The summed E-state index contributed by atoms with van der Waals surface area (Å²) in [5, 5.41) is 2.33. The molecule has 1 aliphatic heterocycles. The van der Waals surface area contributed by atoms with E-state index in [4.69, 9.17) is 0 Å². The molecule has 2 aromatic carbocycles. The summed E-state index contributed by atoms with van der Waals surface area (Å²) in [6.07, 6.45) is -4.44. The molecule has 31 heavy (non-hydrogen) atoms. The van der Waals surface area contributed by atoms with Gasteiger partial charge in [-0.05, 0) is 49.2 Å². The highest BCUT2D eigenvalue weighted by Gasteiger charge is 2.33. The molecule has 3 rings (SSSR count). The largest absolute Gasteiger partial charge is 0.416 e. The molecule has 0 saturated carbocycles. The Morgan fingerprint density at radius 1 is 1.13 bits per heavy atom. The standard InChI is InChI=1S/C19H19F3N2O5S2/c1-12-5-6-14(10-17(12)19(20,21)22)23-18(25)13-3-2-4-16(9-13)31(28,29)24-15-7-8-30(26,27)11-15/h2-6,9-10,15,24H,7-8,11H2,1H3,(H,23,25). The first-order chi connectivity index (χ1) is 14.3. The van der Waals surface area contributed by atoms with Gasteiger partial charge in [-0.15, -0.1) is 0 Å². The molecule has 0 spiro atoms. The van der Waals surface area contributed by atoms with Crippen molar-refractivity contribution >= 4 is 31.5 Å². The van der Waals surface area contributed by atoms with Gasteiger partial charge in [-0.25, -0.2) is 21.6 Å². The Morgan fingerprint density at radius 3 is 2.45 bits per heavy atom. The van der Waals surface area contributed by atoms with E-state index in [1.807, 2.05) is 0 Å². The Morgan fingerprint density at radius 2 is 1.84 bits per heavy atom. The van der Waals surface area contributed by atoms with E-state index in [0.717, 1.165) is 12.1 Å². The highest BCUT2D eigenvalue weighted by atomic mass is 32.2. The maximum atomic E-state index is 13.1. The average molecular weight is 476 g/mol. The van der Waals surface area contributed by atoms with Crippen LogP contribution in [-0.4, -0.2) is 40.3 Å². The SMILES string of the molecule is Cc1ccc(NC(=O)c2cccc(S(=O)(=O)NC3CCS(=O)(=O)C3)c2)cc1C(F)(F)F. The van der Waals surface area contributed by atoms with Crippen LogP contribution in [0.5, 0.6) is 0 Å². The zero-order chi connectivity index (χ0) is 23.0. The number of sulfone groups is 1. The minimum Gasteiger partial charge on any atom is -0.322 e. The van der Waals surface area contributed by atoms with Crippen LogP contribution in [-0.2, 0) is 26.0 Å². The van der Waals surface area contributed by atoms with Gasteiger partial charge < -0.3 is 5.32 Å². The van der Waals surface area contributed by atoms with Crippen LogP contribution in [0.1, 0.15) is 27.9 Å². The number of alkyl halides is 3. The zero-order valence-corrected chi connectivity index (χ0v) is 17.9. The van der Waals surface area contributed by atoms with Gasteiger partial charge in [0.1, 0.15) is 0 Å². The van der Waals surface area contributed by atoms with Crippen molar-refractivity contribution in [3.8, 4) is 0 Å². The van der Waals surface area contributed by atoms with Crippen molar-refractivity contribution in [2.75, 3.05) is 16.8 Å². The number of hydrogen-bond acceptors (Lipinski definition) is 5. The summed E-state index contributed by atoms with van der Waals surface area (Å²) >= 11 is 0. The number of carbonyl (C=O) groups is 1. The number of anilines is 1. The van der Waals surface area contributed by atoms with Crippen molar-refractivity contribution in [1.29, 1.82) is 0 Å². The van der Waals surface area contributed by atoms with Crippen LogP contribution in [0.25, 0.3) is 0 Å². The summed E-state index contributed by atoms with van der Waals surface area (Å²) in [6.45, 7) is 1.30. The van der Waals surface area contributed by atoms with E-state index in [9.17, 15) is 34.8 Å². The summed E-state index contributed by atoms with van der Waals surface area (Å²) in [6, 6.07) is 7.50. The smallest absolute Gasteiger partial charge is 0.322 e. The minimum absolute atomic E-state index is 0.00130. The molecular formula is C19H19F3N2O5S2. The van der Waals surface area contributed by atoms with Gasteiger partial charge in [0.15, 0.2) is 9.84 Å². The zero-order valence-electron chi connectivity index (χ0n) is 16.2. The molecule has 2 N–H and O–H groups in total. The number of rotatable bonds is 5. The molecule has 0 aliphatic carbocycles. The lowest BCUT2D eigenvalue weighted by Gasteiger charge is -2.14. The first-order valence-electron chi connectivity index (χ1n) is 9.09. The summed E-state index contributed by atoms with van der Waals surface area (Å²) in [4.78, 5) is 12.2. The fourth-order valence-electron chi connectivity index (χ4n) is 3.19. The van der Waals surface area contributed by atoms with Crippen LogP contribution in [0.4, 0.5) is 18.9 Å². The molecule has 2 aromatic rings. The van der Waals surface area contributed by atoms with Crippen molar-refractivity contribution < 1.29 is 34.8 Å². The van der Waals surface area contributed by atoms with E-state index in [1.165, 1.54) is 37.3 Å². The molecule has 1 saturated heterocycles. The molecule has 0 aromatic heterocycles. The number of amides is 1. The molecule has 1 heterocycles. The molecule has 1 fully saturated rings. The van der Waals surface area contributed by atoms with Gasteiger partial charge in [-0.3, -0.25) is 4.79 Å². The van der Waals surface area contributed by atoms with Gasteiger partial charge in [-0.2, -0.15) is 13.2 Å². The van der Waals surface area contributed by atoms with E-state index >= 15 is 0 Å². The van der Waals surface area contributed by atoms with Gasteiger partial charge in [0, 0.05) is 17.3 Å². The van der Waals surface area contributed by atoms with E-state index < -0.39 is 43.5 Å². The van der Waals surface area contributed by atoms with E-state index in [1.54, 1.807) is 0 Å². The third-order valence-electron chi connectivity index (χ3n) is 4.76. The number of benzene rings is 2. The lowest BCUT2D eigenvalue weighted by atomic mass is 10.1. The fourth-order valence-corrected chi connectivity index (χ4v) is 6.28. The molecular weight excluding hydrogens is 457 g/mol. The monoisotopic (exact) mass is 476 g/mol. The summed E-state index contributed by atoms with van der Waals surface area (Å²) in [5.74, 6) is -1.21. The predicted molar refractivity (Wildman–Crippen MR) is 108 cm³/mol. The predicted octanol–water partition coefficient (Wildman–Crippen LogP) is 2.73. The number of sulfonamides is 1. The quantitative estimate of drug-likeness (QED) is 0.690. The Kier molecular flexibility index (Phi) is 6.18. The van der Waals surface area contributed by atoms with Crippen molar-refractivity contribution in [3.63, 3.8) is 0 Å². The third-order valence-corrected chi connectivity index (χ3v) is 8.05. The first-order valence-corrected chi connectivity index (χ1v) is 12.4. The Hall–Kier alpha value is -2.44. The highest BCUT2D eigenvalue weighted by molar-refractivity contribution is 7.92. The summed E-state index contributed by atoms with van der Waals surface area (Å²) < 4.78 is 89.7. The second-order valence-electron chi connectivity index (χ2n) is 7.23. The number of carbonyl (C=O) groups excluding carboxylic acids is 1. The van der Waals surface area contributed by atoms with Gasteiger partial charge >= 0.3 is 6.18 Å². The lowest BCUT2D eigenvalue weighted by Crippen LogP contribution is -2.35. The second-order valence-corrected chi connectivity index (χ2v) is 11.2. The van der Waals surface area contributed by atoms with Gasteiger partial charge in [0.25, 0.3) is 5.91 Å². The lowest BCUT2D eigenvalue weighted by molar-refractivity contribution is -0.138. The first kappa shape index (κ1) is 23.2. The molecule has 168 valence electrons. The van der Waals surface area contributed by atoms with E-state index in [-0.39, 0.29) is 39.6 Å². The Bertz CT molecular complexity index is 1230. The van der Waals surface area contributed by atoms with Crippen molar-refractivity contribution in [3.05, 3.63) is 59.2 Å². The topological polar surface area (TPSA) is 109 Å². The minimum atomic E-state index is -4.59. The second kappa shape index (κ2) is 8.24. The maximum Gasteiger partial charge on any atom is 0.416 e. The number of hydrogen-bond donors (Lipinski definition) is 2. The van der Waals surface area contributed by atoms with E-state index in [0.29, 0.717) is 0 Å². The average Bonchev–Trinajstić information content (AvgIpc) is 3.00. The molecule has 7 nitrogen and oxygen atoms in total. The van der Waals surface area contributed by atoms with Crippen LogP contribution in [0.2, 0.25) is 0 Å². The Balaban J connectivity index is 1.79. The molecule has 1 amide bonds. The van der Waals surface area contributed by atoms with Crippen LogP contribution in [0.15, 0.2) is 47.4 Å². The van der Waals surface area contributed by atoms with Gasteiger partial charge in [0.2, 0.25) is 10.0 Å². The fraction of sp³-hybridized carbons (Fsp3) is 0.316. The van der Waals surface area contributed by atoms with Crippen LogP contribution in [0, 0.1) is 6.92 Å². The normalized spacial score (nSPS) is 18.6. The third kappa shape index (κ3) is 5.63. The Labute approximate surface area is 177 Å². The molecule has 1 unspecified atom stereocenters. The summed E-state index contributed by atoms with van der Waals surface area (Å²) in [5.41, 5.74) is -1.07.